The molecule has 0 bridgehead atoms. The van der Waals surface area contributed by atoms with Gasteiger partial charge in [-0.2, -0.15) is 5.10 Å². The summed E-state index contributed by atoms with van der Waals surface area (Å²) in [6.07, 6.45) is 1.88. The first-order chi connectivity index (χ1) is 9.13. The highest BCUT2D eigenvalue weighted by Crippen LogP contribution is 2.31. The van der Waals surface area contributed by atoms with Gasteiger partial charge in [-0.25, -0.2) is 0 Å². The molecule has 0 heterocycles. The number of ether oxygens (including phenoxy) is 1. The Kier molecular flexibility index (Phi) is 7.28. The van der Waals surface area contributed by atoms with Crippen molar-refractivity contribution < 1.29 is 4.74 Å². The van der Waals surface area contributed by atoms with Gasteiger partial charge in [0.05, 0.1) is 12.6 Å². The minimum atomic E-state index is -0.394. The lowest BCUT2D eigenvalue weighted by molar-refractivity contribution is -0.139. The third-order valence-corrected chi connectivity index (χ3v) is 3.60. The lowest BCUT2D eigenvalue weighted by atomic mass is 9.84. The van der Waals surface area contributed by atoms with Crippen molar-refractivity contribution in [2.45, 2.75) is 60.2 Å². The first-order valence-corrected chi connectivity index (χ1v) is 7.40. The smallest absolute Gasteiger partial charge is 0.135 e. The summed E-state index contributed by atoms with van der Waals surface area (Å²) < 4.78 is 5.90. The zero-order chi connectivity index (χ0) is 16.0. The van der Waals surface area contributed by atoms with Gasteiger partial charge in [-0.1, -0.05) is 27.4 Å². The van der Waals surface area contributed by atoms with Gasteiger partial charge in [-0.15, -0.1) is 0 Å². The molecule has 0 unspecified atom stereocenters. The number of nitrogens with zero attached hydrogens (tertiary/aromatic N) is 3. The SMILES string of the molecule is C=CN([C@@H](CN(CC)N=C)C(C)(C)C)C(C)(C)OCC. The van der Waals surface area contributed by atoms with Crippen molar-refractivity contribution in [2.24, 2.45) is 10.5 Å². The van der Waals surface area contributed by atoms with Crippen LogP contribution in [0.5, 0.6) is 0 Å². The lowest BCUT2D eigenvalue weighted by Crippen LogP contribution is -2.56. The van der Waals surface area contributed by atoms with Crippen molar-refractivity contribution in [3.05, 3.63) is 12.8 Å². The summed E-state index contributed by atoms with van der Waals surface area (Å²) in [5.74, 6) is 0. The summed E-state index contributed by atoms with van der Waals surface area (Å²) in [5.41, 5.74) is -0.324. The van der Waals surface area contributed by atoms with E-state index in [2.05, 4.69) is 64.8 Å². The van der Waals surface area contributed by atoms with E-state index in [9.17, 15) is 0 Å². The van der Waals surface area contributed by atoms with Crippen molar-refractivity contribution in [3.8, 4) is 0 Å². The van der Waals surface area contributed by atoms with Crippen LogP contribution in [0.3, 0.4) is 0 Å². The van der Waals surface area contributed by atoms with Gasteiger partial charge in [-0.05, 0) is 39.3 Å². The Morgan fingerprint density at radius 2 is 1.75 bits per heavy atom. The van der Waals surface area contributed by atoms with Crippen LogP contribution in [0.2, 0.25) is 0 Å². The first-order valence-electron chi connectivity index (χ1n) is 7.40. The molecule has 0 aromatic rings. The van der Waals surface area contributed by atoms with Crippen molar-refractivity contribution in [2.75, 3.05) is 19.7 Å². The fourth-order valence-electron chi connectivity index (χ4n) is 2.42. The fourth-order valence-corrected chi connectivity index (χ4v) is 2.42. The van der Waals surface area contributed by atoms with Gasteiger partial charge in [0.2, 0.25) is 0 Å². The molecule has 20 heavy (non-hydrogen) atoms. The Morgan fingerprint density at radius 1 is 1.20 bits per heavy atom. The molecule has 0 spiro atoms. The molecular weight excluding hydrogens is 250 g/mol. The molecule has 0 aliphatic heterocycles. The Labute approximate surface area is 125 Å². The van der Waals surface area contributed by atoms with Gasteiger partial charge >= 0.3 is 0 Å². The van der Waals surface area contributed by atoms with Gasteiger partial charge in [0.25, 0.3) is 0 Å². The molecule has 1 atom stereocenters. The molecule has 0 fully saturated rings. The number of likely N-dealkylation sites (N-methyl/N-ethyl adjacent to an activating group) is 1. The normalized spacial score (nSPS) is 13.8. The highest BCUT2D eigenvalue weighted by Gasteiger charge is 2.37. The largest absolute Gasteiger partial charge is 0.357 e. The van der Waals surface area contributed by atoms with E-state index in [1.165, 1.54) is 0 Å². The second kappa shape index (κ2) is 7.67. The number of hydrogen-bond acceptors (Lipinski definition) is 4. The second-order valence-electron chi connectivity index (χ2n) is 6.50. The molecule has 0 aromatic heterocycles. The van der Waals surface area contributed by atoms with E-state index >= 15 is 0 Å². The molecule has 0 saturated carbocycles. The van der Waals surface area contributed by atoms with Crippen LogP contribution in [0.25, 0.3) is 0 Å². The number of hydrogen-bond donors (Lipinski definition) is 0. The zero-order valence-electron chi connectivity index (χ0n) is 14.4. The zero-order valence-corrected chi connectivity index (χ0v) is 14.4. The molecule has 0 N–H and O–H groups in total. The Bertz CT molecular complexity index is 307. The molecule has 0 aromatic carbocycles. The van der Waals surface area contributed by atoms with E-state index in [0.717, 1.165) is 13.1 Å². The summed E-state index contributed by atoms with van der Waals surface area (Å²) in [4.78, 5) is 2.20. The summed E-state index contributed by atoms with van der Waals surface area (Å²) in [5, 5.41) is 6.07. The fraction of sp³-hybridized carbons (Fsp3) is 0.812. The van der Waals surface area contributed by atoms with Crippen LogP contribution in [0.15, 0.2) is 17.9 Å². The average molecular weight is 283 g/mol. The van der Waals surface area contributed by atoms with Crippen molar-refractivity contribution >= 4 is 6.72 Å². The van der Waals surface area contributed by atoms with Crippen LogP contribution in [0.4, 0.5) is 0 Å². The number of rotatable bonds is 9. The van der Waals surface area contributed by atoms with Crippen LogP contribution >= 0.6 is 0 Å². The Hall–Kier alpha value is -1.03. The molecule has 0 rings (SSSR count). The Balaban J connectivity index is 5.37. The molecule has 4 heteroatoms. The van der Waals surface area contributed by atoms with Crippen LogP contribution in [-0.4, -0.2) is 48.1 Å². The third-order valence-electron chi connectivity index (χ3n) is 3.60. The summed E-state index contributed by atoms with van der Waals surface area (Å²) in [7, 11) is 0. The molecule has 0 saturated heterocycles. The van der Waals surface area contributed by atoms with E-state index in [1.54, 1.807) is 0 Å². The molecule has 0 radical (unpaired) electrons. The topological polar surface area (TPSA) is 28.1 Å². The van der Waals surface area contributed by atoms with E-state index in [4.69, 9.17) is 4.74 Å². The van der Waals surface area contributed by atoms with Crippen LogP contribution in [0.1, 0.15) is 48.5 Å². The van der Waals surface area contributed by atoms with Gasteiger partial charge < -0.3 is 9.64 Å². The van der Waals surface area contributed by atoms with Gasteiger partial charge in [0, 0.05) is 19.9 Å². The average Bonchev–Trinajstić information content (AvgIpc) is 2.32. The lowest BCUT2D eigenvalue weighted by Gasteiger charge is -2.48. The van der Waals surface area contributed by atoms with Gasteiger partial charge in [-0.3, -0.25) is 5.01 Å². The second-order valence-corrected chi connectivity index (χ2v) is 6.50. The predicted octanol–water partition coefficient (Wildman–Crippen LogP) is 3.56. The maximum Gasteiger partial charge on any atom is 0.135 e. The molecule has 0 aliphatic carbocycles. The first kappa shape index (κ1) is 19.0. The monoisotopic (exact) mass is 283 g/mol. The van der Waals surface area contributed by atoms with Gasteiger partial charge in [0.1, 0.15) is 5.72 Å². The van der Waals surface area contributed by atoms with E-state index in [1.807, 2.05) is 18.1 Å². The van der Waals surface area contributed by atoms with E-state index < -0.39 is 5.72 Å². The molecule has 4 nitrogen and oxygen atoms in total. The summed E-state index contributed by atoms with van der Waals surface area (Å²) >= 11 is 0. The van der Waals surface area contributed by atoms with Crippen LogP contribution in [0, 0.1) is 5.41 Å². The summed E-state index contributed by atoms with van der Waals surface area (Å²) in [6, 6.07) is 0.229. The molecular formula is C16H33N3O. The van der Waals surface area contributed by atoms with E-state index in [-0.39, 0.29) is 11.5 Å². The van der Waals surface area contributed by atoms with Crippen molar-refractivity contribution in [1.29, 1.82) is 0 Å². The predicted molar refractivity (Wildman–Crippen MR) is 87.8 cm³/mol. The third kappa shape index (κ3) is 5.16. The van der Waals surface area contributed by atoms with E-state index in [0.29, 0.717) is 6.61 Å². The van der Waals surface area contributed by atoms with Crippen LogP contribution < -0.4 is 0 Å². The quantitative estimate of drug-likeness (QED) is 0.368. The van der Waals surface area contributed by atoms with Gasteiger partial charge in [0.15, 0.2) is 0 Å². The highest BCUT2D eigenvalue weighted by molar-refractivity contribution is 5.22. The minimum absolute atomic E-state index is 0.0701. The standard InChI is InChI=1S/C16H33N3O/c1-10-18(17-9)13-14(15(4,5)6)19(11-2)16(7,8)20-12-3/h11,14H,2,9-10,12-13H2,1,3-8H3/t14-/m0/s1. The molecule has 0 amide bonds. The van der Waals surface area contributed by atoms with Crippen molar-refractivity contribution in [1.82, 2.24) is 9.91 Å². The highest BCUT2D eigenvalue weighted by atomic mass is 16.5. The number of hydrazone groups is 1. The van der Waals surface area contributed by atoms with Crippen LogP contribution in [-0.2, 0) is 4.74 Å². The summed E-state index contributed by atoms with van der Waals surface area (Å²) in [6.45, 7) is 24.9. The molecule has 0 aliphatic rings. The Morgan fingerprint density at radius 3 is 2.05 bits per heavy atom. The van der Waals surface area contributed by atoms with Crippen molar-refractivity contribution in [3.63, 3.8) is 0 Å². The maximum atomic E-state index is 5.90. The maximum absolute atomic E-state index is 5.90. The molecule has 118 valence electrons. The minimum Gasteiger partial charge on any atom is -0.357 e.